The predicted molar refractivity (Wildman–Crippen MR) is 129 cm³/mol. The topological polar surface area (TPSA) is 61.5 Å². The molecule has 0 atom stereocenters. The number of hydrogen-bond donors (Lipinski definition) is 1. The number of alkyl halides is 3. The number of benzene rings is 1. The number of fused-ring (bicyclic) bond motifs is 1. The Bertz CT molecular complexity index is 1430. The van der Waals surface area contributed by atoms with Gasteiger partial charge in [-0.2, -0.15) is 0 Å². The summed E-state index contributed by atoms with van der Waals surface area (Å²) >= 11 is 4.48. The van der Waals surface area contributed by atoms with Gasteiger partial charge in [0.05, 0.1) is 31.6 Å². The molecule has 1 saturated heterocycles. The summed E-state index contributed by atoms with van der Waals surface area (Å²) in [7, 11) is 0. The van der Waals surface area contributed by atoms with E-state index < -0.39 is 6.36 Å². The van der Waals surface area contributed by atoms with E-state index in [9.17, 15) is 18.0 Å². The van der Waals surface area contributed by atoms with Gasteiger partial charge in [-0.25, -0.2) is 4.98 Å². The van der Waals surface area contributed by atoms with Gasteiger partial charge in [-0.15, -0.1) is 13.2 Å². The number of halogens is 3. The van der Waals surface area contributed by atoms with E-state index in [1.54, 1.807) is 34.7 Å². The van der Waals surface area contributed by atoms with Gasteiger partial charge in [0.2, 0.25) is 0 Å². The van der Waals surface area contributed by atoms with Crippen molar-refractivity contribution >= 4 is 29.5 Å². The molecule has 1 aromatic carbocycles. The van der Waals surface area contributed by atoms with Crippen molar-refractivity contribution in [2.75, 3.05) is 31.2 Å². The molecular formula is C24H21F3N4O3S. The van der Waals surface area contributed by atoms with Crippen LogP contribution in [0.2, 0.25) is 0 Å². The van der Waals surface area contributed by atoms with Gasteiger partial charge >= 0.3 is 6.36 Å². The average Bonchev–Trinajstić information content (AvgIpc) is 3.16. The van der Waals surface area contributed by atoms with E-state index in [2.05, 4.69) is 27.4 Å². The minimum atomic E-state index is -4.78. The first kappa shape index (κ1) is 23.3. The minimum absolute atomic E-state index is 0.102. The molecule has 35 heavy (non-hydrogen) atoms. The lowest BCUT2D eigenvalue weighted by Crippen LogP contribution is -2.36. The maximum Gasteiger partial charge on any atom is 0.573 e. The first-order chi connectivity index (χ1) is 16.8. The molecule has 5 rings (SSSR count). The molecule has 0 bridgehead atoms. The van der Waals surface area contributed by atoms with Crippen LogP contribution >= 0.6 is 12.8 Å². The van der Waals surface area contributed by atoms with Crippen LogP contribution < -0.4 is 15.2 Å². The van der Waals surface area contributed by atoms with E-state index in [0.29, 0.717) is 30.0 Å². The summed E-state index contributed by atoms with van der Waals surface area (Å²) < 4.78 is 50.0. The summed E-state index contributed by atoms with van der Waals surface area (Å²) in [5.74, 6) is -0.329. The molecule has 0 spiro atoms. The lowest BCUT2D eigenvalue weighted by molar-refractivity contribution is -0.274. The molecule has 182 valence electrons. The molecule has 0 unspecified atom stereocenters. The van der Waals surface area contributed by atoms with Crippen LogP contribution in [0.15, 0.2) is 65.8 Å². The van der Waals surface area contributed by atoms with Gasteiger partial charge in [0.25, 0.3) is 5.56 Å². The summed E-state index contributed by atoms with van der Waals surface area (Å²) in [6.45, 7) is 2.96. The van der Waals surface area contributed by atoms with Crippen LogP contribution in [0.4, 0.5) is 18.9 Å². The normalized spacial score (nSPS) is 14.5. The van der Waals surface area contributed by atoms with Crippen molar-refractivity contribution in [3.8, 4) is 16.9 Å². The largest absolute Gasteiger partial charge is 0.573 e. The van der Waals surface area contributed by atoms with E-state index in [1.807, 2.05) is 6.07 Å². The number of aromatic nitrogens is 3. The smallest absolute Gasteiger partial charge is 0.406 e. The maximum absolute atomic E-state index is 12.9. The molecule has 1 fully saturated rings. The van der Waals surface area contributed by atoms with Crippen molar-refractivity contribution in [2.45, 2.75) is 12.9 Å². The molecule has 11 heteroatoms. The van der Waals surface area contributed by atoms with Gasteiger partial charge in [-0.3, -0.25) is 8.77 Å². The van der Waals surface area contributed by atoms with Crippen molar-refractivity contribution < 1.29 is 22.6 Å². The fraction of sp³-hybridized carbons (Fsp3) is 0.250. The molecular weight excluding hydrogens is 481 g/mol. The highest BCUT2D eigenvalue weighted by molar-refractivity contribution is 7.78. The third-order valence-corrected chi connectivity index (χ3v) is 6.08. The highest BCUT2D eigenvalue weighted by Gasteiger charge is 2.31. The van der Waals surface area contributed by atoms with Crippen molar-refractivity contribution in [2.24, 2.45) is 0 Å². The van der Waals surface area contributed by atoms with Crippen LogP contribution in [-0.4, -0.2) is 46.2 Å². The highest BCUT2D eigenvalue weighted by atomic mass is 32.1. The van der Waals surface area contributed by atoms with Crippen LogP contribution in [0, 0.1) is 0 Å². The fourth-order valence-electron chi connectivity index (χ4n) is 4.15. The lowest BCUT2D eigenvalue weighted by atomic mass is 10.1. The Morgan fingerprint density at radius 1 is 1.11 bits per heavy atom. The third-order valence-electron chi connectivity index (χ3n) is 5.78. The number of anilines is 1. The van der Waals surface area contributed by atoms with Crippen molar-refractivity contribution in [1.82, 2.24) is 13.5 Å². The third kappa shape index (κ3) is 5.15. The number of ether oxygens (including phenoxy) is 2. The van der Waals surface area contributed by atoms with Crippen molar-refractivity contribution in [3.63, 3.8) is 0 Å². The summed E-state index contributed by atoms with van der Waals surface area (Å²) in [5.41, 5.74) is 3.36. The van der Waals surface area contributed by atoms with Gasteiger partial charge in [0, 0.05) is 42.5 Å². The number of nitrogens with zero attached hydrogens (tertiary/aromatic N) is 4. The standard InChI is InChI=1S/C24H21F3N4O3S/c25-24(26,27)34-19-3-1-2-16(10-19)14-30-5-4-17(11-22(30)32)21-15-31(35)23-20(21)12-18(13-28-23)29-6-8-33-9-7-29/h1-5,10-13,15,35H,6-9,14H2. The highest BCUT2D eigenvalue weighted by Crippen LogP contribution is 2.32. The summed E-state index contributed by atoms with van der Waals surface area (Å²) in [6.07, 6.45) is 0.454. The van der Waals surface area contributed by atoms with E-state index in [0.717, 1.165) is 29.7 Å². The zero-order chi connectivity index (χ0) is 24.6. The first-order valence-corrected chi connectivity index (χ1v) is 11.3. The average molecular weight is 503 g/mol. The Morgan fingerprint density at radius 2 is 1.91 bits per heavy atom. The van der Waals surface area contributed by atoms with E-state index in [1.165, 1.54) is 28.8 Å². The Morgan fingerprint density at radius 3 is 2.66 bits per heavy atom. The quantitative estimate of drug-likeness (QED) is 0.412. The van der Waals surface area contributed by atoms with Crippen molar-refractivity contribution in [3.05, 3.63) is 77.0 Å². The zero-order valence-electron chi connectivity index (χ0n) is 18.4. The summed E-state index contributed by atoms with van der Waals surface area (Å²) in [6, 6.07) is 10.9. The first-order valence-electron chi connectivity index (χ1n) is 10.9. The Labute approximate surface area is 203 Å². The van der Waals surface area contributed by atoms with Gasteiger partial charge in [0.15, 0.2) is 5.65 Å². The number of thiol groups is 1. The maximum atomic E-state index is 12.9. The van der Waals surface area contributed by atoms with E-state index in [-0.39, 0.29) is 17.9 Å². The molecule has 0 amide bonds. The summed E-state index contributed by atoms with van der Waals surface area (Å²) in [5, 5.41) is 0.859. The van der Waals surface area contributed by atoms with Gasteiger partial charge in [-0.1, -0.05) is 24.9 Å². The van der Waals surface area contributed by atoms with Gasteiger partial charge < -0.3 is 18.9 Å². The second kappa shape index (κ2) is 9.31. The monoisotopic (exact) mass is 502 g/mol. The second-order valence-corrected chi connectivity index (χ2v) is 8.56. The Hall–Kier alpha value is -3.44. The summed E-state index contributed by atoms with van der Waals surface area (Å²) in [4.78, 5) is 19.6. The van der Waals surface area contributed by atoms with Crippen LogP contribution in [0.5, 0.6) is 5.75 Å². The van der Waals surface area contributed by atoms with Crippen LogP contribution in [0.25, 0.3) is 22.2 Å². The zero-order valence-corrected chi connectivity index (χ0v) is 19.3. The number of rotatable bonds is 5. The van der Waals surface area contributed by atoms with Gasteiger partial charge in [-0.05, 0) is 35.4 Å². The number of hydrogen-bond acceptors (Lipinski definition) is 6. The van der Waals surface area contributed by atoms with Crippen LogP contribution in [-0.2, 0) is 11.3 Å². The SMILES string of the molecule is O=c1cc(-c2cn(S)c3ncc(N4CCOCC4)cc23)ccn1Cc1cccc(OC(F)(F)F)c1. The van der Waals surface area contributed by atoms with Crippen LogP contribution in [0.1, 0.15) is 5.56 Å². The molecule has 4 aromatic rings. The molecule has 7 nitrogen and oxygen atoms in total. The molecule has 0 saturated carbocycles. The Kier molecular flexibility index (Phi) is 6.20. The predicted octanol–water partition coefficient (Wildman–Crippen LogP) is 4.34. The van der Waals surface area contributed by atoms with Gasteiger partial charge in [0.1, 0.15) is 5.75 Å². The molecule has 0 aliphatic carbocycles. The molecule has 0 radical (unpaired) electrons. The molecule has 1 aliphatic heterocycles. The fourth-order valence-corrected chi connectivity index (χ4v) is 4.42. The minimum Gasteiger partial charge on any atom is -0.406 e. The van der Waals surface area contributed by atoms with E-state index in [4.69, 9.17) is 4.74 Å². The Balaban J connectivity index is 1.44. The molecule has 3 aromatic heterocycles. The number of pyridine rings is 2. The van der Waals surface area contributed by atoms with E-state index >= 15 is 0 Å². The molecule has 0 N–H and O–H groups in total. The molecule has 1 aliphatic rings. The molecule has 4 heterocycles. The van der Waals surface area contributed by atoms with Crippen molar-refractivity contribution in [1.29, 1.82) is 0 Å². The second-order valence-electron chi connectivity index (χ2n) is 8.13. The lowest BCUT2D eigenvalue weighted by Gasteiger charge is -2.28. The number of morpholine rings is 1. The van der Waals surface area contributed by atoms with Crippen LogP contribution in [0.3, 0.4) is 0 Å².